The van der Waals surface area contributed by atoms with E-state index in [1.165, 1.54) is 0 Å². The summed E-state index contributed by atoms with van der Waals surface area (Å²) in [6.07, 6.45) is 2.12. The lowest BCUT2D eigenvalue weighted by Crippen LogP contribution is -2.22. The second-order valence-electron chi connectivity index (χ2n) is 5.78. The maximum Gasteiger partial charge on any atom is 0.251 e. The fourth-order valence-corrected chi connectivity index (χ4v) is 2.24. The fourth-order valence-electron chi connectivity index (χ4n) is 2.24. The fraction of sp³-hybridized carbons (Fsp3) is 0.300. The van der Waals surface area contributed by atoms with Crippen molar-refractivity contribution >= 4 is 23.2 Å². The van der Waals surface area contributed by atoms with Gasteiger partial charge in [-0.15, -0.1) is 0 Å². The van der Waals surface area contributed by atoms with Gasteiger partial charge in [0.05, 0.1) is 13.2 Å². The van der Waals surface area contributed by atoms with Gasteiger partial charge < -0.3 is 20.7 Å². The number of rotatable bonds is 9. The van der Waals surface area contributed by atoms with E-state index < -0.39 is 0 Å². The van der Waals surface area contributed by atoms with Gasteiger partial charge in [0.2, 0.25) is 5.91 Å². The van der Waals surface area contributed by atoms with E-state index in [-0.39, 0.29) is 18.4 Å². The van der Waals surface area contributed by atoms with Crippen LogP contribution in [0.25, 0.3) is 0 Å². The molecule has 2 aromatic rings. The van der Waals surface area contributed by atoms with Gasteiger partial charge in [0, 0.05) is 24.0 Å². The number of nitrogens with one attached hydrogen (secondary N) is 3. The zero-order valence-electron chi connectivity index (χ0n) is 15.2. The number of benzene rings is 2. The molecule has 138 valence electrons. The molecule has 0 bridgehead atoms. The molecule has 0 aliphatic rings. The van der Waals surface area contributed by atoms with Crippen LogP contribution in [0.3, 0.4) is 0 Å². The average molecular weight is 355 g/mol. The molecule has 0 fully saturated rings. The topological polar surface area (TPSA) is 79.5 Å². The molecule has 2 aromatic carbocycles. The highest BCUT2D eigenvalue weighted by Gasteiger charge is 2.05. The summed E-state index contributed by atoms with van der Waals surface area (Å²) < 4.78 is 5.59. The molecule has 0 aliphatic carbocycles. The molecular weight excluding hydrogens is 330 g/mol. The van der Waals surface area contributed by atoms with E-state index in [4.69, 9.17) is 4.74 Å². The van der Waals surface area contributed by atoms with Crippen molar-refractivity contribution in [2.24, 2.45) is 0 Å². The molecule has 6 nitrogen and oxygen atoms in total. The van der Waals surface area contributed by atoms with E-state index in [9.17, 15) is 9.59 Å². The first kappa shape index (κ1) is 19.3. The molecule has 0 aromatic heterocycles. The van der Waals surface area contributed by atoms with Gasteiger partial charge in [-0.25, -0.2) is 0 Å². The molecular formula is C20H25N3O3. The summed E-state index contributed by atoms with van der Waals surface area (Å²) >= 11 is 0. The number of hydrogen-bond acceptors (Lipinski definition) is 4. The number of carbonyl (C=O) groups excluding carboxylic acids is 2. The Morgan fingerprint density at radius 2 is 1.62 bits per heavy atom. The number of amides is 2. The monoisotopic (exact) mass is 355 g/mol. The number of anilines is 2. The third-order valence-electron chi connectivity index (χ3n) is 3.73. The van der Waals surface area contributed by atoms with Crippen molar-refractivity contribution in [3.05, 3.63) is 54.1 Å². The van der Waals surface area contributed by atoms with Gasteiger partial charge in [0.1, 0.15) is 5.75 Å². The Morgan fingerprint density at radius 3 is 2.23 bits per heavy atom. The molecule has 26 heavy (non-hydrogen) atoms. The van der Waals surface area contributed by atoms with Crippen LogP contribution in [-0.2, 0) is 4.79 Å². The SMILES string of the molecule is CCCCOc1ccc(NC(=O)CNc2ccc(C(=O)NC)cc2)cc1. The molecule has 6 heteroatoms. The Bertz CT molecular complexity index is 712. The molecule has 0 spiro atoms. The standard InChI is InChI=1S/C20H25N3O3/c1-3-4-13-26-18-11-9-17(10-12-18)23-19(24)14-22-16-7-5-15(6-8-16)20(25)21-2/h5-12,22H,3-4,13-14H2,1-2H3,(H,21,25)(H,23,24). The summed E-state index contributed by atoms with van der Waals surface area (Å²) in [5.74, 6) is 0.502. The van der Waals surface area contributed by atoms with Crippen molar-refractivity contribution in [2.75, 3.05) is 30.8 Å². The summed E-state index contributed by atoms with van der Waals surface area (Å²) in [6.45, 7) is 2.95. The maximum atomic E-state index is 12.0. The molecule has 2 rings (SSSR count). The smallest absolute Gasteiger partial charge is 0.251 e. The van der Waals surface area contributed by atoms with E-state index in [1.54, 1.807) is 31.3 Å². The summed E-state index contributed by atoms with van der Waals surface area (Å²) in [5, 5.41) is 8.41. The zero-order chi connectivity index (χ0) is 18.8. The van der Waals surface area contributed by atoms with Crippen molar-refractivity contribution in [1.29, 1.82) is 0 Å². The van der Waals surface area contributed by atoms with Crippen molar-refractivity contribution in [3.8, 4) is 5.75 Å². The van der Waals surface area contributed by atoms with Gasteiger partial charge in [0.15, 0.2) is 0 Å². The Kier molecular flexibility index (Phi) is 7.49. The van der Waals surface area contributed by atoms with Gasteiger partial charge in [0.25, 0.3) is 5.91 Å². The lowest BCUT2D eigenvalue weighted by atomic mass is 10.2. The quantitative estimate of drug-likeness (QED) is 0.603. The molecule has 0 radical (unpaired) electrons. The molecule has 3 N–H and O–H groups in total. The first-order valence-electron chi connectivity index (χ1n) is 8.71. The highest BCUT2D eigenvalue weighted by molar-refractivity contribution is 5.95. The third-order valence-corrected chi connectivity index (χ3v) is 3.73. The van der Waals surface area contributed by atoms with Gasteiger partial charge >= 0.3 is 0 Å². The van der Waals surface area contributed by atoms with Crippen molar-refractivity contribution < 1.29 is 14.3 Å². The Hall–Kier alpha value is -3.02. The van der Waals surface area contributed by atoms with E-state index in [0.29, 0.717) is 12.2 Å². The van der Waals surface area contributed by atoms with Gasteiger partial charge in [-0.2, -0.15) is 0 Å². The predicted octanol–water partition coefficient (Wildman–Crippen LogP) is 3.28. The number of hydrogen-bond donors (Lipinski definition) is 3. The van der Waals surface area contributed by atoms with Crippen molar-refractivity contribution in [2.45, 2.75) is 19.8 Å². The Balaban J connectivity index is 1.78. The second-order valence-corrected chi connectivity index (χ2v) is 5.78. The second kappa shape index (κ2) is 10.1. The van der Waals surface area contributed by atoms with Crippen LogP contribution < -0.4 is 20.7 Å². The molecule has 0 unspecified atom stereocenters. The van der Waals surface area contributed by atoms with E-state index in [2.05, 4.69) is 22.9 Å². The lowest BCUT2D eigenvalue weighted by Gasteiger charge is -2.10. The molecule has 0 saturated carbocycles. The van der Waals surface area contributed by atoms with E-state index in [1.807, 2.05) is 24.3 Å². The number of unbranched alkanes of at least 4 members (excludes halogenated alkanes) is 1. The molecule has 0 heterocycles. The summed E-state index contributed by atoms with van der Waals surface area (Å²) in [7, 11) is 1.59. The first-order valence-corrected chi connectivity index (χ1v) is 8.71. The van der Waals surface area contributed by atoms with Crippen molar-refractivity contribution in [1.82, 2.24) is 5.32 Å². The summed E-state index contributed by atoms with van der Waals surface area (Å²) in [6, 6.07) is 14.3. The molecule has 0 atom stereocenters. The maximum absolute atomic E-state index is 12.0. The van der Waals surface area contributed by atoms with Gasteiger partial charge in [-0.1, -0.05) is 13.3 Å². The largest absolute Gasteiger partial charge is 0.494 e. The minimum Gasteiger partial charge on any atom is -0.494 e. The van der Waals surface area contributed by atoms with Crippen LogP contribution in [0.2, 0.25) is 0 Å². The highest BCUT2D eigenvalue weighted by Crippen LogP contribution is 2.16. The zero-order valence-corrected chi connectivity index (χ0v) is 15.2. The minimum absolute atomic E-state index is 0.133. The normalized spacial score (nSPS) is 10.1. The number of carbonyl (C=O) groups is 2. The lowest BCUT2D eigenvalue weighted by molar-refractivity contribution is -0.114. The first-order chi connectivity index (χ1) is 12.6. The highest BCUT2D eigenvalue weighted by atomic mass is 16.5. The molecule has 2 amide bonds. The summed E-state index contributed by atoms with van der Waals surface area (Å²) in [4.78, 5) is 23.5. The summed E-state index contributed by atoms with van der Waals surface area (Å²) in [5.41, 5.74) is 2.06. The van der Waals surface area contributed by atoms with Crippen LogP contribution in [0.1, 0.15) is 30.1 Å². The Morgan fingerprint density at radius 1 is 0.962 bits per heavy atom. The molecule has 0 saturated heterocycles. The average Bonchev–Trinajstić information content (AvgIpc) is 2.68. The van der Waals surface area contributed by atoms with Gasteiger partial charge in [-0.3, -0.25) is 9.59 Å². The van der Waals surface area contributed by atoms with E-state index >= 15 is 0 Å². The Labute approximate surface area is 153 Å². The van der Waals surface area contributed by atoms with Crippen LogP contribution in [-0.4, -0.2) is 32.0 Å². The van der Waals surface area contributed by atoms with Crippen LogP contribution in [0.4, 0.5) is 11.4 Å². The minimum atomic E-state index is -0.153. The third kappa shape index (κ3) is 6.12. The van der Waals surface area contributed by atoms with Crippen LogP contribution in [0.5, 0.6) is 5.75 Å². The van der Waals surface area contributed by atoms with Crippen LogP contribution >= 0.6 is 0 Å². The van der Waals surface area contributed by atoms with E-state index in [0.717, 1.165) is 30.0 Å². The molecule has 0 aliphatic heterocycles. The van der Waals surface area contributed by atoms with Crippen LogP contribution in [0.15, 0.2) is 48.5 Å². The van der Waals surface area contributed by atoms with Gasteiger partial charge in [-0.05, 0) is 55.0 Å². The van der Waals surface area contributed by atoms with Crippen molar-refractivity contribution in [3.63, 3.8) is 0 Å². The number of ether oxygens (including phenoxy) is 1. The predicted molar refractivity (Wildman–Crippen MR) is 104 cm³/mol. The van der Waals surface area contributed by atoms with Crippen LogP contribution in [0, 0.1) is 0 Å².